The lowest BCUT2D eigenvalue weighted by molar-refractivity contribution is -0.132. The van der Waals surface area contributed by atoms with Crippen LogP contribution >= 0.6 is 0 Å². The first-order valence-electron chi connectivity index (χ1n) is 12.2. The molecule has 37 heavy (non-hydrogen) atoms. The van der Waals surface area contributed by atoms with Gasteiger partial charge in [0.15, 0.2) is 0 Å². The molecule has 0 spiro atoms. The molecule has 8 heteroatoms. The highest BCUT2D eigenvalue weighted by molar-refractivity contribution is 5.92. The fraction of sp³-hybridized carbons (Fsp3) is 0.241. The van der Waals surface area contributed by atoms with Crippen molar-refractivity contribution in [3.05, 3.63) is 102 Å². The van der Waals surface area contributed by atoms with E-state index in [1.165, 1.54) is 4.90 Å². The van der Waals surface area contributed by atoms with Crippen LogP contribution < -0.4 is 5.32 Å². The third-order valence-corrected chi connectivity index (χ3v) is 6.26. The average molecular weight is 505 g/mol. The Labute approximate surface area is 214 Å². The molecule has 0 saturated carbocycles. The first-order chi connectivity index (χ1) is 17.8. The van der Waals surface area contributed by atoms with Crippen LogP contribution in [0, 0.1) is 11.6 Å². The molecule has 1 aromatic heterocycles. The summed E-state index contributed by atoms with van der Waals surface area (Å²) in [7, 11) is 0. The van der Waals surface area contributed by atoms with Gasteiger partial charge in [0.25, 0.3) is 0 Å². The minimum Gasteiger partial charge on any atom is -0.361 e. The van der Waals surface area contributed by atoms with Crippen molar-refractivity contribution < 1.29 is 18.4 Å². The van der Waals surface area contributed by atoms with E-state index in [0.717, 1.165) is 34.2 Å². The monoisotopic (exact) mass is 504 g/mol. The summed E-state index contributed by atoms with van der Waals surface area (Å²) in [6.45, 7) is 4.22. The molecular formula is C29H30F2N4O2. The summed E-state index contributed by atoms with van der Waals surface area (Å²) in [6.07, 6.45) is 2.60. The number of aromatic amines is 1. The summed E-state index contributed by atoms with van der Waals surface area (Å²) in [6, 6.07) is 19.6. The number of amides is 3. The molecule has 2 N–H and O–H groups in total. The summed E-state index contributed by atoms with van der Waals surface area (Å²) in [4.78, 5) is 32.8. The highest BCUT2D eigenvalue weighted by Gasteiger charge is 2.25. The standard InChI is InChI=1S/C29H30F2N4O2/c1-20(2)35(29(37)33-27-13-12-23(30)16-25(27)31)19-28(36)34(18-21-8-4-3-5-9-21)15-14-22-17-32-26-11-7-6-10-24(22)26/h3-13,16-17,20,32H,14-15,18-19H2,1-2H3,(H,33,37). The van der Waals surface area contributed by atoms with Gasteiger partial charge in [0.05, 0.1) is 5.69 Å². The molecule has 0 atom stereocenters. The van der Waals surface area contributed by atoms with Crippen molar-refractivity contribution in [3.63, 3.8) is 0 Å². The Kier molecular flexibility index (Phi) is 8.18. The predicted octanol–water partition coefficient (Wildman–Crippen LogP) is 5.96. The molecule has 0 unspecified atom stereocenters. The Hall–Kier alpha value is -4.20. The summed E-state index contributed by atoms with van der Waals surface area (Å²) < 4.78 is 27.4. The van der Waals surface area contributed by atoms with Crippen molar-refractivity contribution in [2.75, 3.05) is 18.4 Å². The number of hydrogen-bond acceptors (Lipinski definition) is 2. The number of carbonyl (C=O) groups is 2. The Morgan fingerprint density at radius 3 is 2.43 bits per heavy atom. The van der Waals surface area contributed by atoms with Crippen LogP contribution in [0.4, 0.5) is 19.3 Å². The molecule has 0 fully saturated rings. The van der Waals surface area contributed by atoms with Crippen molar-refractivity contribution in [1.29, 1.82) is 0 Å². The van der Waals surface area contributed by atoms with E-state index >= 15 is 0 Å². The van der Waals surface area contributed by atoms with Crippen molar-refractivity contribution in [1.82, 2.24) is 14.8 Å². The zero-order chi connectivity index (χ0) is 26.4. The van der Waals surface area contributed by atoms with Gasteiger partial charge in [0, 0.05) is 42.3 Å². The molecule has 0 aliphatic heterocycles. The zero-order valence-corrected chi connectivity index (χ0v) is 20.9. The number of nitrogens with zero attached hydrogens (tertiary/aromatic N) is 2. The average Bonchev–Trinajstić information content (AvgIpc) is 3.30. The van der Waals surface area contributed by atoms with Gasteiger partial charge in [-0.25, -0.2) is 13.6 Å². The number of para-hydroxylation sites is 1. The van der Waals surface area contributed by atoms with Crippen LogP contribution in [-0.4, -0.2) is 45.9 Å². The lowest BCUT2D eigenvalue weighted by Crippen LogP contribution is -2.47. The maximum atomic E-state index is 14.1. The lowest BCUT2D eigenvalue weighted by atomic mass is 10.1. The number of rotatable bonds is 9. The number of H-pyrrole nitrogens is 1. The van der Waals surface area contributed by atoms with Gasteiger partial charge in [0.1, 0.15) is 18.2 Å². The fourth-order valence-electron chi connectivity index (χ4n) is 4.20. The highest BCUT2D eigenvalue weighted by atomic mass is 19.1. The SMILES string of the molecule is CC(C)N(CC(=O)N(CCc1c[nH]c2ccccc12)Cc1ccccc1)C(=O)Nc1ccc(F)cc1F. The second-order valence-corrected chi connectivity index (χ2v) is 9.19. The number of aromatic nitrogens is 1. The summed E-state index contributed by atoms with van der Waals surface area (Å²) >= 11 is 0. The normalized spacial score (nSPS) is 11.1. The van der Waals surface area contributed by atoms with Gasteiger partial charge in [-0.3, -0.25) is 4.79 Å². The molecular weight excluding hydrogens is 474 g/mol. The Bertz CT molecular complexity index is 1370. The third kappa shape index (κ3) is 6.52. The molecule has 4 aromatic rings. The van der Waals surface area contributed by atoms with Gasteiger partial charge in [0.2, 0.25) is 5.91 Å². The number of nitrogens with one attached hydrogen (secondary N) is 2. The number of halogens is 2. The van der Waals surface area contributed by atoms with Crippen LogP contribution in [0.2, 0.25) is 0 Å². The quantitative estimate of drug-likeness (QED) is 0.295. The summed E-state index contributed by atoms with van der Waals surface area (Å²) in [5.74, 6) is -1.85. The largest absolute Gasteiger partial charge is 0.361 e. The number of anilines is 1. The summed E-state index contributed by atoms with van der Waals surface area (Å²) in [5, 5.41) is 3.57. The molecule has 0 bridgehead atoms. The van der Waals surface area contributed by atoms with Crippen LogP contribution in [-0.2, 0) is 17.8 Å². The van der Waals surface area contributed by atoms with E-state index in [9.17, 15) is 18.4 Å². The Morgan fingerprint density at radius 2 is 1.70 bits per heavy atom. The maximum absolute atomic E-state index is 14.1. The van der Waals surface area contributed by atoms with E-state index in [1.807, 2.05) is 60.8 Å². The van der Waals surface area contributed by atoms with E-state index in [2.05, 4.69) is 10.3 Å². The number of fused-ring (bicyclic) bond motifs is 1. The van der Waals surface area contributed by atoms with Crippen LogP contribution in [0.1, 0.15) is 25.0 Å². The first kappa shape index (κ1) is 25.9. The van der Waals surface area contributed by atoms with E-state index in [-0.39, 0.29) is 24.2 Å². The molecule has 0 saturated heterocycles. The number of carbonyl (C=O) groups excluding carboxylic acids is 2. The van der Waals surface area contributed by atoms with Gasteiger partial charge in [-0.1, -0.05) is 48.5 Å². The molecule has 3 aromatic carbocycles. The first-order valence-corrected chi connectivity index (χ1v) is 12.2. The maximum Gasteiger partial charge on any atom is 0.322 e. The van der Waals surface area contributed by atoms with E-state index in [1.54, 1.807) is 18.7 Å². The molecule has 192 valence electrons. The van der Waals surface area contributed by atoms with Gasteiger partial charge < -0.3 is 20.1 Å². The van der Waals surface area contributed by atoms with Crippen molar-refractivity contribution >= 4 is 28.5 Å². The molecule has 4 rings (SSSR count). The highest BCUT2D eigenvalue weighted by Crippen LogP contribution is 2.20. The van der Waals surface area contributed by atoms with Crippen LogP contribution in [0.25, 0.3) is 10.9 Å². The van der Waals surface area contributed by atoms with Crippen molar-refractivity contribution in [2.24, 2.45) is 0 Å². The molecule has 0 aliphatic carbocycles. The van der Waals surface area contributed by atoms with E-state index in [4.69, 9.17) is 0 Å². The summed E-state index contributed by atoms with van der Waals surface area (Å²) in [5.41, 5.74) is 2.97. The number of urea groups is 1. The minimum absolute atomic E-state index is 0.148. The number of benzene rings is 3. The fourth-order valence-corrected chi connectivity index (χ4v) is 4.20. The van der Waals surface area contributed by atoms with Gasteiger partial charge in [-0.05, 0) is 49.6 Å². The van der Waals surface area contributed by atoms with Gasteiger partial charge in [-0.2, -0.15) is 0 Å². The van der Waals surface area contributed by atoms with Crippen LogP contribution in [0.5, 0.6) is 0 Å². The molecule has 6 nitrogen and oxygen atoms in total. The molecule has 3 amide bonds. The molecule has 0 radical (unpaired) electrons. The van der Waals surface area contributed by atoms with Crippen LogP contribution in [0.15, 0.2) is 79.0 Å². The Balaban J connectivity index is 1.50. The smallest absolute Gasteiger partial charge is 0.322 e. The van der Waals surface area contributed by atoms with Gasteiger partial charge in [-0.15, -0.1) is 0 Å². The number of hydrogen-bond donors (Lipinski definition) is 2. The molecule has 0 aliphatic rings. The topological polar surface area (TPSA) is 68.4 Å². The predicted molar refractivity (Wildman–Crippen MR) is 141 cm³/mol. The van der Waals surface area contributed by atoms with Gasteiger partial charge >= 0.3 is 6.03 Å². The Morgan fingerprint density at radius 1 is 0.973 bits per heavy atom. The van der Waals surface area contributed by atoms with Crippen molar-refractivity contribution in [3.8, 4) is 0 Å². The zero-order valence-electron chi connectivity index (χ0n) is 20.9. The van der Waals surface area contributed by atoms with Crippen molar-refractivity contribution in [2.45, 2.75) is 32.9 Å². The van der Waals surface area contributed by atoms with E-state index < -0.39 is 17.7 Å². The second kappa shape index (κ2) is 11.7. The minimum atomic E-state index is -0.882. The lowest BCUT2D eigenvalue weighted by Gasteiger charge is -2.30. The third-order valence-electron chi connectivity index (χ3n) is 6.26. The second-order valence-electron chi connectivity index (χ2n) is 9.19. The van der Waals surface area contributed by atoms with Crippen LogP contribution in [0.3, 0.4) is 0 Å². The van der Waals surface area contributed by atoms with E-state index in [0.29, 0.717) is 25.6 Å². The molecule has 1 heterocycles.